The first-order chi connectivity index (χ1) is 11.2. The minimum absolute atomic E-state index is 0.0668. The van der Waals surface area contributed by atoms with E-state index in [1.165, 1.54) is 5.57 Å². The summed E-state index contributed by atoms with van der Waals surface area (Å²) in [5.74, 6) is 0.871. The second-order valence-corrected chi connectivity index (χ2v) is 7.66. The smallest absolute Gasteiger partial charge is 0.225 e. The molecule has 1 saturated heterocycles. The van der Waals surface area contributed by atoms with Crippen molar-refractivity contribution in [1.29, 1.82) is 0 Å². The van der Waals surface area contributed by atoms with Crippen LogP contribution < -0.4 is 16.0 Å². The number of hydrogen-bond donors (Lipinski definition) is 3. The van der Waals surface area contributed by atoms with Crippen LogP contribution in [0.1, 0.15) is 40.5 Å². The molecule has 1 fully saturated rings. The van der Waals surface area contributed by atoms with Crippen LogP contribution in [-0.4, -0.2) is 62.6 Å². The summed E-state index contributed by atoms with van der Waals surface area (Å²) < 4.78 is 0. The number of hydrogen-bond acceptors (Lipinski definition) is 3. The molecule has 0 atom stereocenters. The third-order valence-corrected chi connectivity index (χ3v) is 4.03. The molecule has 0 spiro atoms. The highest BCUT2D eigenvalue weighted by molar-refractivity contribution is 5.82. The van der Waals surface area contributed by atoms with Gasteiger partial charge in [0.1, 0.15) is 0 Å². The molecule has 0 unspecified atom stereocenters. The molecule has 0 aromatic carbocycles. The number of carbonyl (C=O) groups is 1. The van der Waals surface area contributed by atoms with Gasteiger partial charge in [-0.1, -0.05) is 32.9 Å². The zero-order valence-corrected chi connectivity index (χ0v) is 16.0. The number of nitrogens with one attached hydrogen (secondary N) is 3. The van der Waals surface area contributed by atoms with Crippen molar-refractivity contribution in [1.82, 2.24) is 20.9 Å². The van der Waals surface area contributed by atoms with Crippen molar-refractivity contribution in [3.8, 4) is 0 Å². The molecule has 0 aromatic rings. The van der Waals surface area contributed by atoms with Gasteiger partial charge in [-0.15, -0.1) is 0 Å². The molecular formula is C18H35N5O. The third-order valence-electron chi connectivity index (χ3n) is 4.03. The fourth-order valence-electron chi connectivity index (χ4n) is 2.63. The molecular weight excluding hydrogens is 302 g/mol. The van der Waals surface area contributed by atoms with Crippen molar-refractivity contribution in [3.63, 3.8) is 0 Å². The Labute approximate surface area is 147 Å². The summed E-state index contributed by atoms with van der Waals surface area (Å²) >= 11 is 0. The van der Waals surface area contributed by atoms with E-state index in [1.54, 1.807) is 7.05 Å². The van der Waals surface area contributed by atoms with Crippen LogP contribution in [0.5, 0.6) is 0 Å². The zero-order chi connectivity index (χ0) is 18.2. The van der Waals surface area contributed by atoms with Crippen LogP contribution in [0, 0.1) is 5.41 Å². The van der Waals surface area contributed by atoms with Gasteiger partial charge in [0.05, 0.1) is 0 Å². The highest BCUT2D eigenvalue weighted by Crippen LogP contribution is 2.12. The third kappa shape index (κ3) is 7.81. The van der Waals surface area contributed by atoms with Gasteiger partial charge in [0.25, 0.3) is 0 Å². The van der Waals surface area contributed by atoms with Crippen LogP contribution in [0.4, 0.5) is 0 Å². The van der Waals surface area contributed by atoms with Crippen molar-refractivity contribution in [3.05, 3.63) is 12.2 Å². The van der Waals surface area contributed by atoms with E-state index in [-0.39, 0.29) is 11.3 Å². The Hall–Kier alpha value is -1.56. The summed E-state index contributed by atoms with van der Waals surface area (Å²) in [4.78, 5) is 18.5. The molecule has 1 amide bonds. The van der Waals surface area contributed by atoms with E-state index >= 15 is 0 Å². The predicted octanol–water partition coefficient (Wildman–Crippen LogP) is 1.35. The normalized spacial score (nSPS) is 17.5. The summed E-state index contributed by atoms with van der Waals surface area (Å²) in [6.07, 6.45) is 2.21. The van der Waals surface area contributed by atoms with E-state index in [0.29, 0.717) is 19.1 Å². The lowest BCUT2D eigenvalue weighted by atomic mass is 9.96. The van der Waals surface area contributed by atoms with E-state index in [1.807, 2.05) is 20.8 Å². The Morgan fingerprint density at radius 1 is 1.21 bits per heavy atom. The molecule has 1 aliphatic heterocycles. The van der Waals surface area contributed by atoms with Crippen molar-refractivity contribution >= 4 is 11.9 Å². The fraction of sp³-hybridized carbons (Fsp3) is 0.778. The maximum atomic E-state index is 11.8. The first-order valence-corrected chi connectivity index (χ1v) is 8.84. The Kier molecular flexibility index (Phi) is 8.25. The molecule has 0 radical (unpaired) electrons. The lowest BCUT2D eigenvalue weighted by Crippen LogP contribution is -2.50. The molecule has 1 heterocycles. The number of carbonyl (C=O) groups excluding carboxylic acids is 1. The van der Waals surface area contributed by atoms with Gasteiger partial charge in [-0.25, -0.2) is 0 Å². The SMILES string of the molecule is C=C(C)CN1CCC(NC(=NC)NCCNC(=O)C(C)(C)C)CC1. The minimum Gasteiger partial charge on any atom is -0.355 e. The maximum Gasteiger partial charge on any atom is 0.225 e. The first kappa shape index (κ1) is 20.5. The molecule has 3 N–H and O–H groups in total. The minimum atomic E-state index is -0.350. The van der Waals surface area contributed by atoms with Crippen molar-refractivity contribution in [2.75, 3.05) is 39.8 Å². The van der Waals surface area contributed by atoms with Crippen LogP contribution in [0.2, 0.25) is 0 Å². The first-order valence-electron chi connectivity index (χ1n) is 8.84. The van der Waals surface area contributed by atoms with Crippen LogP contribution in [0.25, 0.3) is 0 Å². The van der Waals surface area contributed by atoms with E-state index in [0.717, 1.165) is 38.4 Å². The monoisotopic (exact) mass is 337 g/mol. The van der Waals surface area contributed by atoms with E-state index < -0.39 is 0 Å². The molecule has 6 heteroatoms. The van der Waals surface area contributed by atoms with Gasteiger partial charge in [0, 0.05) is 51.2 Å². The average Bonchev–Trinajstić information content (AvgIpc) is 2.50. The number of nitrogens with zero attached hydrogens (tertiary/aromatic N) is 2. The van der Waals surface area contributed by atoms with Crippen LogP contribution in [-0.2, 0) is 4.79 Å². The molecule has 24 heavy (non-hydrogen) atoms. The Morgan fingerprint density at radius 2 is 1.79 bits per heavy atom. The Balaban J connectivity index is 2.24. The second-order valence-electron chi connectivity index (χ2n) is 7.66. The highest BCUT2D eigenvalue weighted by Gasteiger charge is 2.21. The van der Waals surface area contributed by atoms with Crippen molar-refractivity contribution in [2.24, 2.45) is 10.4 Å². The topological polar surface area (TPSA) is 68.8 Å². The summed E-state index contributed by atoms with van der Waals surface area (Å²) in [5, 5.41) is 9.67. The quantitative estimate of drug-likeness (QED) is 0.296. The molecule has 6 nitrogen and oxygen atoms in total. The molecule has 0 saturated carbocycles. The fourth-order valence-corrected chi connectivity index (χ4v) is 2.63. The largest absolute Gasteiger partial charge is 0.355 e. The lowest BCUT2D eigenvalue weighted by Gasteiger charge is -2.33. The van der Waals surface area contributed by atoms with Crippen LogP contribution in [0.15, 0.2) is 17.1 Å². The Morgan fingerprint density at radius 3 is 2.29 bits per heavy atom. The van der Waals surface area contributed by atoms with Gasteiger partial charge >= 0.3 is 0 Å². The number of piperidine rings is 1. The van der Waals surface area contributed by atoms with Crippen molar-refractivity contribution in [2.45, 2.75) is 46.6 Å². The predicted molar refractivity (Wildman–Crippen MR) is 101 cm³/mol. The van der Waals surface area contributed by atoms with E-state index in [9.17, 15) is 4.79 Å². The molecule has 138 valence electrons. The molecule has 0 aliphatic carbocycles. The summed E-state index contributed by atoms with van der Waals surface area (Å²) in [6, 6.07) is 0.446. The second kappa shape index (κ2) is 9.67. The number of rotatable bonds is 6. The summed E-state index contributed by atoms with van der Waals surface area (Å²) in [5.41, 5.74) is 0.869. The Bertz CT molecular complexity index is 445. The van der Waals surface area contributed by atoms with Crippen LogP contribution >= 0.6 is 0 Å². The van der Waals surface area contributed by atoms with Gasteiger partial charge < -0.3 is 16.0 Å². The van der Waals surface area contributed by atoms with Gasteiger partial charge in [0.15, 0.2) is 5.96 Å². The highest BCUT2D eigenvalue weighted by atomic mass is 16.2. The average molecular weight is 338 g/mol. The zero-order valence-electron chi connectivity index (χ0n) is 16.0. The number of amides is 1. The van der Waals surface area contributed by atoms with Gasteiger partial charge in [-0.05, 0) is 19.8 Å². The summed E-state index contributed by atoms with van der Waals surface area (Å²) in [6.45, 7) is 16.2. The van der Waals surface area contributed by atoms with Gasteiger partial charge in [-0.3, -0.25) is 14.7 Å². The van der Waals surface area contributed by atoms with Crippen LogP contribution in [0.3, 0.4) is 0 Å². The van der Waals surface area contributed by atoms with Gasteiger partial charge in [-0.2, -0.15) is 0 Å². The molecule has 0 bridgehead atoms. The lowest BCUT2D eigenvalue weighted by molar-refractivity contribution is -0.128. The van der Waals surface area contributed by atoms with Crippen molar-refractivity contribution < 1.29 is 4.79 Å². The maximum absolute atomic E-state index is 11.8. The number of aliphatic imine (C=N–C) groups is 1. The van der Waals surface area contributed by atoms with E-state index in [4.69, 9.17) is 0 Å². The summed E-state index contributed by atoms with van der Waals surface area (Å²) in [7, 11) is 1.78. The standard InChI is InChI=1S/C18H35N5O/c1-14(2)13-23-11-7-15(8-12-23)22-17(19-6)21-10-9-20-16(24)18(3,4)5/h15H,1,7-13H2,2-6H3,(H,20,24)(H2,19,21,22). The number of likely N-dealkylation sites (tertiary alicyclic amines) is 1. The number of guanidine groups is 1. The van der Waals surface area contributed by atoms with Gasteiger partial charge in [0.2, 0.25) is 5.91 Å². The molecule has 0 aromatic heterocycles. The van der Waals surface area contributed by atoms with E-state index in [2.05, 4.69) is 39.3 Å². The molecule has 1 rings (SSSR count). The molecule has 1 aliphatic rings.